The summed E-state index contributed by atoms with van der Waals surface area (Å²) in [6, 6.07) is 4.12. The van der Waals surface area contributed by atoms with Crippen molar-refractivity contribution in [2.75, 3.05) is 0 Å². The number of aryl methyl sites for hydroxylation is 4. The van der Waals surface area contributed by atoms with Gasteiger partial charge in [0.05, 0.1) is 17.4 Å². The second-order valence-corrected chi connectivity index (χ2v) is 5.88. The van der Waals surface area contributed by atoms with Crippen molar-refractivity contribution in [3.05, 3.63) is 40.7 Å². The highest BCUT2D eigenvalue weighted by atomic mass is 32.1. The first-order valence-electron chi connectivity index (χ1n) is 7.01. The summed E-state index contributed by atoms with van der Waals surface area (Å²) in [7, 11) is 0. The third kappa shape index (κ3) is 2.05. The van der Waals surface area contributed by atoms with Crippen LogP contribution in [0.5, 0.6) is 0 Å². The van der Waals surface area contributed by atoms with E-state index in [1.807, 2.05) is 26.1 Å². The van der Waals surface area contributed by atoms with Crippen LogP contribution in [-0.2, 0) is 12.8 Å². The van der Waals surface area contributed by atoms with Gasteiger partial charge in [0.15, 0.2) is 0 Å². The summed E-state index contributed by atoms with van der Waals surface area (Å²) in [5.41, 5.74) is 7.74. The fourth-order valence-corrected chi connectivity index (χ4v) is 3.24. The first-order chi connectivity index (χ1) is 10.7. The van der Waals surface area contributed by atoms with Crippen LogP contribution in [0.15, 0.2) is 23.0 Å². The lowest BCUT2D eigenvalue weighted by Gasteiger charge is -2.04. The van der Waals surface area contributed by atoms with E-state index >= 15 is 0 Å². The predicted molar refractivity (Wildman–Crippen MR) is 83.9 cm³/mol. The minimum absolute atomic E-state index is 0.785. The molecule has 0 fully saturated rings. The van der Waals surface area contributed by atoms with E-state index in [4.69, 9.17) is 4.63 Å². The van der Waals surface area contributed by atoms with Crippen molar-refractivity contribution < 1.29 is 4.63 Å². The quantitative estimate of drug-likeness (QED) is 0.579. The predicted octanol–water partition coefficient (Wildman–Crippen LogP) is 3.02. The summed E-state index contributed by atoms with van der Waals surface area (Å²) in [5, 5.41) is 7.99. The first kappa shape index (κ1) is 13.3. The van der Waals surface area contributed by atoms with Crippen molar-refractivity contribution in [2.45, 2.75) is 26.7 Å². The zero-order valence-electron chi connectivity index (χ0n) is 12.2. The fourth-order valence-electron chi connectivity index (χ4n) is 2.61. The van der Waals surface area contributed by atoms with E-state index in [0.717, 1.165) is 57.3 Å². The summed E-state index contributed by atoms with van der Waals surface area (Å²) in [5.74, 6) is 0. The number of benzene rings is 1. The molecule has 0 atom stereocenters. The van der Waals surface area contributed by atoms with E-state index in [-0.39, 0.29) is 0 Å². The molecular weight excluding hydrogens is 298 g/mol. The van der Waals surface area contributed by atoms with Crippen molar-refractivity contribution in [3.63, 3.8) is 0 Å². The van der Waals surface area contributed by atoms with Crippen LogP contribution in [0.3, 0.4) is 0 Å². The monoisotopic (exact) mass is 311 g/mol. The number of hydrogen-bond acceptors (Lipinski definition) is 7. The van der Waals surface area contributed by atoms with Crippen LogP contribution >= 0.6 is 11.7 Å². The molecule has 7 heteroatoms. The lowest BCUT2D eigenvalue weighted by molar-refractivity contribution is 0.315. The maximum Gasteiger partial charge on any atom is 0.138 e. The Bertz CT molecular complexity index is 895. The summed E-state index contributed by atoms with van der Waals surface area (Å²) in [4.78, 5) is 4.52. The Morgan fingerprint density at radius 2 is 1.73 bits per heavy atom. The molecule has 0 aliphatic carbocycles. The van der Waals surface area contributed by atoms with Crippen LogP contribution in [0.2, 0.25) is 0 Å². The number of aromatic nitrogens is 5. The molecule has 3 heterocycles. The molecular formula is C15H13N5OS. The smallest absolute Gasteiger partial charge is 0.138 e. The molecule has 0 radical (unpaired) electrons. The van der Waals surface area contributed by atoms with Crippen LogP contribution in [0.1, 0.15) is 22.4 Å². The van der Waals surface area contributed by atoms with Gasteiger partial charge in [-0.2, -0.15) is 8.75 Å². The minimum Gasteiger partial charge on any atom is -0.259 e. The van der Waals surface area contributed by atoms with Gasteiger partial charge in [0.2, 0.25) is 0 Å². The molecule has 0 aliphatic rings. The second kappa shape index (κ2) is 5.10. The Hall–Kier alpha value is -2.41. The normalized spacial score (nSPS) is 11.5. The molecule has 4 aromatic rings. The molecule has 22 heavy (non-hydrogen) atoms. The highest BCUT2D eigenvalue weighted by molar-refractivity contribution is 7.00. The van der Waals surface area contributed by atoms with Gasteiger partial charge in [0, 0.05) is 6.20 Å². The number of fused-ring (bicyclic) bond motifs is 2. The van der Waals surface area contributed by atoms with Crippen molar-refractivity contribution in [2.24, 2.45) is 0 Å². The molecule has 1 aromatic carbocycles. The topological polar surface area (TPSA) is 77.6 Å². The van der Waals surface area contributed by atoms with Crippen LogP contribution in [0.4, 0.5) is 0 Å². The first-order valence-corrected chi connectivity index (χ1v) is 7.74. The summed E-state index contributed by atoms with van der Waals surface area (Å²) >= 11 is 1.23. The standard InChI is InChI=1S/C15H13N5OS/c1-8-3-4-10(14-12(8)17-21-18-14)5-6-11-15-13(19-22-20-15)9(2)7-16-11/h3-4,7H,5-6H2,1-2H3. The number of pyridine rings is 1. The van der Waals surface area contributed by atoms with Gasteiger partial charge in [-0.15, -0.1) is 0 Å². The number of hydrogen-bond donors (Lipinski definition) is 0. The average Bonchev–Trinajstić information content (AvgIpc) is 3.18. The van der Waals surface area contributed by atoms with E-state index in [1.165, 1.54) is 11.7 Å². The Morgan fingerprint density at radius 1 is 0.909 bits per heavy atom. The van der Waals surface area contributed by atoms with Gasteiger partial charge >= 0.3 is 0 Å². The van der Waals surface area contributed by atoms with Crippen molar-refractivity contribution in [1.82, 2.24) is 24.0 Å². The maximum absolute atomic E-state index is 4.88. The number of rotatable bonds is 3. The van der Waals surface area contributed by atoms with Gasteiger partial charge in [0.1, 0.15) is 22.1 Å². The Morgan fingerprint density at radius 3 is 2.64 bits per heavy atom. The van der Waals surface area contributed by atoms with Crippen molar-refractivity contribution in [3.8, 4) is 0 Å². The van der Waals surface area contributed by atoms with Gasteiger partial charge in [-0.3, -0.25) is 4.98 Å². The molecule has 0 saturated carbocycles. The Balaban J connectivity index is 1.69. The molecule has 0 amide bonds. The van der Waals surface area contributed by atoms with Gasteiger partial charge in [-0.25, -0.2) is 4.63 Å². The molecule has 0 aliphatic heterocycles. The molecule has 6 nitrogen and oxygen atoms in total. The third-order valence-electron chi connectivity index (χ3n) is 3.88. The van der Waals surface area contributed by atoms with Gasteiger partial charge in [-0.05, 0) is 53.7 Å². The lowest BCUT2D eigenvalue weighted by atomic mass is 10.0. The molecule has 110 valence electrons. The van der Waals surface area contributed by atoms with Crippen LogP contribution in [-0.4, -0.2) is 24.0 Å². The minimum atomic E-state index is 0.785. The third-order valence-corrected chi connectivity index (χ3v) is 4.41. The Labute approximate surface area is 130 Å². The molecule has 0 spiro atoms. The molecule has 3 aromatic heterocycles. The highest BCUT2D eigenvalue weighted by Gasteiger charge is 2.13. The van der Waals surface area contributed by atoms with E-state index < -0.39 is 0 Å². The SMILES string of the molecule is Cc1ccc(CCc2ncc(C)c3nsnc23)c2nonc12. The molecule has 0 bridgehead atoms. The summed E-state index contributed by atoms with van der Waals surface area (Å²) in [6.45, 7) is 4.01. The largest absolute Gasteiger partial charge is 0.259 e. The van der Waals surface area contributed by atoms with Gasteiger partial charge in [0.25, 0.3) is 0 Å². The zero-order chi connectivity index (χ0) is 15.1. The van der Waals surface area contributed by atoms with E-state index in [2.05, 4.69) is 30.1 Å². The second-order valence-electron chi connectivity index (χ2n) is 5.35. The molecule has 0 unspecified atom stereocenters. The van der Waals surface area contributed by atoms with Gasteiger partial charge in [-0.1, -0.05) is 12.1 Å². The lowest BCUT2D eigenvalue weighted by Crippen LogP contribution is -1.98. The molecule has 0 N–H and O–H groups in total. The van der Waals surface area contributed by atoms with E-state index in [9.17, 15) is 0 Å². The molecule has 4 rings (SSSR count). The van der Waals surface area contributed by atoms with Crippen LogP contribution < -0.4 is 0 Å². The van der Waals surface area contributed by atoms with E-state index in [0.29, 0.717) is 0 Å². The zero-order valence-corrected chi connectivity index (χ0v) is 13.0. The average molecular weight is 311 g/mol. The fraction of sp³-hybridized carbons (Fsp3) is 0.267. The van der Waals surface area contributed by atoms with Crippen molar-refractivity contribution in [1.29, 1.82) is 0 Å². The van der Waals surface area contributed by atoms with E-state index in [1.54, 1.807) is 0 Å². The summed E-state index contributed by atoms with van der Waals surface area (Å²) in [6.07, 6.45) is 3.46. The maximum atomic E-state index is 4.88. The highest BCUT2D eigenvalue weighted by Crippen LogP contribution is 2.23. The number of nitrogens with zero attached hydrogens (tertiary/aromatic N) is 5. The molecule has 0 saturated heterocycles. The van der Waals surface area contributed by atoms with Crippen molar-refractivity contribution >= 4 is 33.8 Å². The summed E-state index contributed by atoms with van der Waals surface area (Å²) < 4.78 is 13.6. The van der Waals surface area contributed by atoms with Crippen LogP contribution in [0, 0.1) is 13.8 Å². The van der Waals surface area contributed by atoms with Crippen LogP contribution in [0.25, 0.3) is 22.1 Å². The van der Waals surface area contributed by atoms with Gasteiger partial charge < -0.3 is 0 Å². The Kier molecular flexibility index (Phi) is 3.07.